The summed E-state index contributed by atoms with van der Waals surface area (Å²) in [6.07, 6.45) is 2.32. The Balaban J connectivity index is 1.63. The van der Waals surface area contributed by atoms with Gasteiger partial charge in [-0.2, -0.15) is 0 Å². The summed E-state index contributed by atoms with van der Waals surface area (Å²) >= 11 is 0. The van der Waals surface area contributed by atoms with Crippen LogP contribution in [0.5, 0.6) is 0 Å². The third-order valence-electron chi connectivity index (χ3n) is 5.23. The number of amides is 1. The molecular weight excluding hydrogens is 414 g/mol. The molecule has 0 saturated heterocycles. The smallest absolute Gasteiger partial charge is 0.261 e. The number of nitrogens with zero attached hydrogens (tertiary/aromatic N) is 2. The summed E-state index contributed by atoms with van der Waals surface area (Å²) in [6.45, 7) is 2.37. The molecule has 0 fully saturated rings. The molecule has 0 atom stereocenters. The standard InChI is InChI=1S/C19H21N3O5S2/c1-13(23)21-9-7-15-11-17(5-6-18(15)21)29(26,27)20-16-4-3-14-8-10-22(19(14)12-16)28(2,24)25/h3-6,11-12,20H,7-10H2,1-2H3. The lowest BCUT2D eigenvalue weighted by Gasteiger charge is -2.18. The van der Waals surface area contributed by atoms with Gasteiger partial charge in [0.1, 0.15) is 0 Å². The Bertz CT molecular complexity index is 1220. The summed E-state index contributed by atoms with van der Waals surface area (Å²) in [5, 5.41) is 0. The average Bonchev–Trinajstić information content (AvgIpc) is 3.24. The van der Waals surface area contributed by atoms with Gasteiger partial charge in [-0.05, 0) is 54.3 Å². The second-order valence-corrected chi connectivity index (χ2v) is 10.8. The highest BCUT2D eigenvalue weighted by Gasteiger charge is 2.28. The molecule has 29 heavy (non-hydrogen) atoms. The van der Waals surface area contributed by atoms with Crippen LogP contribution in [0.15, 0.2) is 41.3 Å². The zero-order valence-corrected chi connectivity index (χ0v) is 17.7. The molecule has 1 N–H and O–H groups in total. The van der Waals surface area contributed by atoms with Crippen molar-refractivity contribution < 1.29 is 21.6 Å². The third-order valence-corrected chi connectivity index (χ3v) is 7.79. The Morgan fingerprint density at radius 1 is 0.931 bits per heavy atom. The number of hydrogen-bond acceptors (Lipinski definition) is 5. The van der Waals surface area contributed by atoms with E-state index in [1.54, 1.807) is 35.2 Å². The van der Waals surface area contributed by atoms with Crippen molar-refractivity contribution in [1.82, 2.24) is 0 Å². The van der Waals surface area contributed by atoms with Gasteiger partial charge in [0.25, 0.3) is 10.0 Å². The minimum absolute atomic E-state index is 0.0777. The number of fused-ring (bicyclic) bond motifs is 2. The third kappa shape index (κ3) is 3.58. The highest BCUT2D eigenvalue weighted by Crippen LogP contribution is 2.34. The molecule has 0 saturated carbocycles. The van der Waals surface area contributed by atoms with Gasteiger partial charge in [-0.15, -0.1) is 0 Å². The van der Waals surface area contributed by atoms with E-state index >= 15 is 0 Å². The van der Waals surface area contributed by atoms with Crippen LogP contribution in [0.1, 0.15) is 18.1 Å². The molecule has 0 aliphatic carbocycles. The van der Waals surface area contributed by atoms with Crippen LogP contribution in [-0.2, 0) is 37.7 Å². The molecule has 10 heteroatoms. The molecule has 4 rings (SSSR count). The van der Waals surface area contributed by atoms with Crippen LogP contribution >= 0.6 is 0 Å². The molecule has 1 amide bonds. The first-order valence-electron chi connectivity index (χ1n) is 9.11. The zero-order valence-electron chi connectivity index (χ0n) is 16.0. The summed E-state index contributed by atoms with van der Waals surface area (Å²) in [4.78, 5) is 13.4. The van der Waals surface area contributed by atoms with Crippen molar-refractivity contribution in [3.63, 3.8) is 0 Å². The Morgan fingerprint density at radius 2 is 1.66 bits per heavy atom. The maximum Gasteiger partial charge on any atom is 0.261 e. The Kier molecular flexibility index (Phi) is 4.58. The van der Waals surface area contributed by atoms with Crippen LogP contribution in [0.25, 0.3) is 0 Å². The van der Waals surface area contributed by atoms with E-state index < -0.39 is 20.0 Å². The molecule has 2 aromatic carbocycles. The van der Waals surface area contributed by atoms with Gasteiger partial charge in [-0.1, -0.05) is 6.07 Å². The molecular formula is C19H21N3O5S2. The summed E-state index contributed by atoms with van der Waals surface area (Å²) in [7, 11) is -7.29. The van der Waals surface area contributed by atoms with Crippen molar-refractivity contribution in [3.8, 4) is 0 Å². The van der Waals surface area contributed by atoms with E-state index in [1.807, 2.05) is 0 Å². The fourth-order valence-electron chi connectivity index (χ4n) is 3.84. The normalized spacial score (nSPS) is 15.9. The van der Waals surface area contributed by atoms with Gasteiger partial charge < -0.3 is 4.90 Å². The molecule has 0 radical (unpaired) electrons. The van der Waals surface area contributed by atoms with Crippen LogP contribution in [0.2, 0.25) is 0 Å². The van der Waals surface area contributed by atoms with Crippen LogP contribution in [-0.4, -0.2) is 42.1 Å². The fourth-order valence-corrected chi connectivity index (χ4v) is 5.89. The number of nitrogens with one attached hydrogen (secondary N) is 1. The van der Waals surface area contributed by atoms with Crippen LogP contribution in [0.4, 0.5) is 17.1 Å². The van der Waals surface area contributed by atoms with Gasteiger partial charge in [0, 0.05) is 25.7 Å². The summed E-state index contributed by atoms with van der Waals surface area (Å²) in [5.74, 6) is -0.0777. The highest BCUT2D eigenvalue weighted by molar-refractivity contribution is 7.92. The quantitative estimate of drug-likeness (QED) is 0.788. The molecule has 0 bridgehead atoms. The van der Waals surface area contributed by atoms with Gasteiger partial charge in [-0.3, -0.25) is 13.8 Å². The van der Waals surface area contributed by atoms with Crippen molar-refractivity contribution in [2.24, 2.45) is 0 Å². The largest absolute Gasteiger partial charge is 0.312 e. The number of benzene rings is 2. The molecule has 2 aliphatic heterocycles. The average molecular weight is 436 g/mol. The van der Waals surface area contributed by atoms with Gasteiger partial charge in [-0.25, -0.2) is 16.8 Å². The molecule has 2 aliphatic rings. The van der Waals surface area contributed by atoms with Crippen molar-refractivity contribution in [2.75, 3.05) is 33.3 Å². The molecule has 0 aromatic heterocycles. The first kappa shape index (κ1) is 19.7. The minimum Gasteiger partial charge on any atom is -0.312 e. The van der Waals surface area contributed by atoms with E-state index in [0.29, 0.717) is 37.3 Å². The SMILES string of the molecule is CC(=O)N1CCc2cc(S(=O)(=O)Nc3ccc4c(c3)N(S(C)(=O)=O)CC4)ccc21. The summed E-state index contributed by atoms with van der Waals surface area (Å²) in [5.41, 5.74) is 3.20. The first-order chi connectivity index (χ1) is 13.6. The molecule has 2 heterocycles. The van der Waals surface area contributed by atoms with Gasteiger partial charge >= 0.3 is 0 Å². The summed E-state index contributed by atoms with van der Waals surface area (Å²) < 4.78 is 53.5. The van der Waals surface area contributed by atoms with Crippen LogP contribution in [0.3, 0.4) is 0 Å². The monoisotopic (exact) mass is 435 g/mol. The van der Waals surface area contributed by atoms with E-state index in [9.17, 15) is 21.6 Å². The van der Waals surface area contributed by atoms with Crippen molar-refractivity contribution >= 4 is 43.0 Å². The topological polar surface area (TPSA) is 104 Å². The van der Waals surface area contributed by atoms with E-state index in [-0.39, 0.29) is 10.8 Å². The molecule has 154 valence electrons. The highest BCUT2D eigenvalue weighted by atomic mass is 32.2. The van der Waals surface area contributed by atoms with Crippen molar-refractivity contribution in [1.29, 1.82) is 0 Å². The second-order valence-electron chi connectivity index (χ2n) is 7.25. The van der Waals surface area contributed by atoms with Gasteiger partial charge in [0.05, 0.1) is 22.5 Å². The Hall–Kier alpha value is -2.59. The number of anilines is 3. The molecule has 2 aromatic rings. The van der Waals surface area contributed by atoms with E-state index in [4.69, 9.17) is 0 Å². The van der Waals surface area contributed by atoms with Gasteiger partial charge in [0.15, 0.2) is 0 Å². The number of rotatable bonds is 4. The van der Waals surface area contributed by atoms with Crippen molar-refractivity contribution in [2.45, 2.75) is 24.7 Å². The van der Waals surface area contributed by atoms with E-state index in [0.717, 1.165) is 23.1 Å². The van der Waals surface area contributed by atoms with Crippen molar-refractivity contribution in [3.05, 3.63) is 47.5 Å². The van der Waals surface area contributed by atoms with Crippen LogP contribution in [0, 0.1) is 0 Å². The lowest BCUT2D eigenvalue weighted by Crippen LogP contribution is -2.27. The number of sulfonamides is 2. The zero-order chi connectivity index (χ0) is 21.0. The maximum atomic E-state index is 12.9. The first-order valence-corrected chi connectivity index (χ1v) is 12.4. The lowest BCUT2D eigenvalue weighted by molar-refractivity contribution is -0.116. The number of hydrogen-bond donors (Lipinski definition) is 1. The van der Waals surface area contributed by atoms with Gasteiger partial charge in [0.2, 0.25) is 15.9 Å². The molecule has 0 unspecified atom stereocenters. The van der Waals surface area contributed by atoms with E-state index in [1.165, 1.54) is 17.3 Å². The fraction of sp³-hybridized carbons (Fsp3) is 0.316. The number of carbonyl (C=O) groups is 1. The predicted molar refractivity (Wildman–Crippen MR) is 111 cm³/mol. The minimum atomic E-state index is -3.86. The van der Waals surface area contributed by atoms with E-state index in [2.05, 4.69) is 4.72 Å². The lowest BCUT2D eigenvalue weighted by atomic mass is 10.1. The predicted octanol–water partition coefficient (Wildman–Crippen LogP) is 1.72. The Labute approximate surface area is 170 Å². The summed E-state index contributed by atoms with van der Waals surface area (Å²) in [6, 6.07) is 9.62. The maximum absolute atomic E-state index is 12.9. The Morgan fingerprint density at radius 3 is 2.34 bits per heavy atom. The van der Waals surface area contributed by atoms with Crippen LogP contribution < -0.4 is 13.9 Å². The second kappa shape index (κ2) is 6.74. The molecule has 0 spiro atoms. The number of carbonyl (C=O) groups excluding carboxylic acids is 1. The molecule has 8 nitrogen and oxygen atoms in total.